The van der Waals surface area contributed by atoms with E-state index in [2.05, 4.69) is 0 Å². The number of carbonyl (C=O) groups is 4. The molecule has 0 aliphatic heterocycles. The highest BCUT2D eigenvalue weighted by molar-refractivity contribution is 7.21. The van der Waals surface area contributed by atoms with Crippen molar-refractivity contribution in [3.05, 3.63) is 46.2 Å². The molecular formula is C32H34O10S2. The van der Waals surface area contributed by atoms with Crippen LogP contribution >= 0.6 is 22.7 Å². The van der Waals surface area contributed by atoms with Crippen LogP contribution in [-0.2, 0) is 19.1 Å². The van der Waals surface area contributed by atoms with Crippen molar-refractivity contribution >= 4 is 66.4 Å². The van der Waals surface area contributed by atoms with Crippen molar-refractivity contribution in [2.45, 2.75) is 26.7 Å². The monoisotopic (exact) mass is 642 g/mol. The molecule has 2 aromatic heterocycles. The molecule has 0 N–H and O–H groups in total. The lowest BCUT2D eigenvalue weighted by molar-refractivity contribution is -0.145. The number of benzene rings is 2. The molecule has 2 aromatic carbocycles. The summed E-state index contributed by atoms with van der Waals surface area (Å²) in [5.74, 6) is -0.170. The lowest BCUT2D eigenvalue weighted by atomic mass is 10.0. The molecule has 44 heavy (non-hydrogen) atoms. The van der Waals surface area contributed by atoms with E-state index in [4.69, 9.17) is 28.4 Å². The summed E-state index contributed by atoms with van der Waals surface area (Å²) in [7, 11) is 5.69. The van der Waals surface area contributed by atoms with Gasteiger partial charge in [-0.15, -0.1) is 22.7 Å². The van der Waals surface area contributed by atoms with Crippen LogP contribution in [-0.4, -0.2) is 65.2 Å². The Morgan fingerprint density at radius 3 is 1.32 bits per heavy atom. The van der Waals surface area contributed by atoms with E-state index < -0.39 is 23.8 Å². The summed E-state index contributed by atoms with van der Waals surface area (Å²) in [5, 5.41) is 1.63. The maximum Gasteiger partial charge on any atom is 0.308 e. The van der Waals surface area contributed by atoms with Gasteiger partial charge in [-0.3, -0.25) is 19.2 Å². The average Bonchev–Trinajstić information content (AvgIpc) is 3.64. The summed E-state index contributed by atoms with van der Waals surface area (Å²) >= 11 is 2.65. The smallest absolute Gasteiger partial charge is 0.308 e. The first-order chi connectivity index (χ1) is 21.1. The quantitative estimate of drug-likeness (QED) is 0.0823. The number of hydrogen-bond acceptors (Lipinski definition) is 12. The van der Waals surface area contributed by atoms with Gasteiger partial charge in [0.2, 0.25) is 0 Å². The maximum atomic E-state index is 12.8. The van der Waals surface area contributed by atoms with Gasteiger partial charge in [0.1, 0.15) is 13.2 Å². The van der Waals surface area contributed by atoms with Gasteiger partial charge in [0.15, 0.2) is 34.6 Å². The standard InChI is InChI=1S/C32H34O10S2/c1-17(31(35)39-5)9-21(33)29-13-19-11-25(23(37-3)15-27(19)43-29)41-7-8-42-26-12-20-14-30(44-28(20)16-24(26)38-4)22(34)10-18(2)32(36)40-6/h11-18H,7-10H2,1-6H3/t17-,18-/m0/s1. The zero-order chi connectivity index (χ0) is 32.0. The van der Waals surface area contributed by atoms with Crippen LogP contribution in [0.25, 0.3) is 20.2 Å². The fourth-order valence-electron chi connectivity index (χ4n) is 4.54. The Morgan fingerprint density at radius 1 is 0.591 bits per heavy atom. The van der Waals surface area contributed by atoms with Gasteiger partial charge in [-0.1, -0.05) is 13.8 Å². The summed E-state index contributed by atoms with van der Waals surface area (Å²) in [6, 6.07) is 10.8. The number of esters is 2. The second kappa shape index (κ2) is 14.5. The molecule has 0 saturated carbocycles. The fourth-order valence-corrected chi connectivity index (χ4v) is 6.59. The molecule has 10 nitrogen and oxygen atoms in total. The van der Waals surface area contributed by atoms with E-state index in [1.807, 2.05) is 24.3 Å². The molecule has 0 unspecified atom stereocenters. The molecule has 234 valence electrons. The Labute approximate surface area is 262 Å². The molecule has 0 spiro atoms. The molecule has 0 bridgehead atoms. The van der Waals surface area contributed by atoms with Gasteiger partial charge < -0.3 is 28.4 Å². The third-order valence-electron chi connectivity index (χ3n) is 6.94. The fraction of sp³-hybridized carbons (Fsp3) is 0.375. The Kier molecular flexibility index (Phi) is 10.8. The predicted molar refractivity (Wildman–Crippen MR) is 168 cm³/mol. The zero-order valence-corrected chi connectivity index (χ0v) is 27.0. The first-order valence-corrected chi connectivity index (χ1v) is 15.4. The SMILES string of the molecule is COC(=O)[C@@H](C)CC(=O)c1cc2cc(OCCOc3cc4cc(C(=O)C[C@H](C)C(=O)OC)sc4cc3OC)c(OC)cc2s1. The Hall–Kier alpha value is -4.16. The van der Waals surface area contributed by atoms with E-state index in [1.54, 1.807) is 26.0 Å². The number of hydrogen-bond donors (Lipinski definition) is 0. The highest BCUT2D eigenvalue weighted by Crippen LogP contribution is 2.39. The minimum atomic E-state index is -0.531. The lowest BCUT2D eigenvalue weighted by Gasteiger charge is -2.13. The Balaban J connectivity index is 1.42. The van der Waals surface area contributed by atoms with E-state index in [9.17, 15) is 19.2 Å². The van der Waals surface area contributed by atoms with Gasteiger partial charge in [-0.25, -0.2) is 0 Å². The third kappa shape index (κ3) is 7.48. The molecule has 12 heteroatoms. The molecule has 4 rings (SSSR count). The number of carbonyl (C=O) groups excluding carboxylic acids is 4. The minimum absolute atomic E-state index is 0.0597. The lowest BCUT2D eigenvalue weighted by Crippen LogP contribution is -2.16. The van der Waals surface area contributed by atoms with Gasteiger partial charge in [0.25, 0.3) is 0 Å². The molecule has 4 aromatic rings. The van der Waals surface area contributed by atoms with Crippen molar-refractivity contribution in [1.29, 1.82) is 0 Å². The van der Waals surface area contributed by atoms with Gasteiger partial charge in [-0.2, -0.15) is 0 Å². The first-order valence-electron chi connectivity index (χ1n) is 13.8. The highest BCUT2D eigenvalue weighted by atomic mass is 32.1. The third-order valence-corrected chi connectivity index (χ3v) is 9.22. The molecule has 0 amide bonds. The largest absolute Gasteiger partial charge is 0.493 e. The van der Waals surface area contributed by atoms with Gasteiger partial charge >= 0.3 is 11.9 Å². The molecule has 0 fully saturated rings. The second-order valence-corrected chi connectivity index (χ2v) is 12.3. The minimum Gasteiger partial charge on any atom is -0.493 e. The van der Waals surface area contributed by atoms with Gasteiger partial charge in [0, 0.05) is 34.4 Å². The summed E-state index contributed by atoms with van der Waals surface area (Å²) in [6.07, 6.45) is 0.119. The number of fused-ring (bicyclic) bond motifs is 2. The Morgan fingerprint density at radius 2 is 0.977 bits per heavy atom. The number of thiophene rings is 2. The Bertz CT molecular complexity index is 1560. The van der Waals surface area contributed by atoms with Crippen LogP contribution in [0.4, 0.5) is 0 Å². The summed E-state index contributed by atoms with van der Waals surface area (Å²) in [4.78, 5) is 50.0. The summed E-state index contributed by atoms with van der Waals surface area (Å²) in [6.45, 7) is 3.70. The van der Waals surface area contributed by atoms with Crippen LogP contribution in [0.2, 0.25) is 0 Å². The van der Waals surface area contributed by atoms with E-state index >= 15 is 0 Å². The average molecular weight is 643 g/mol. The molecular weight excluding hydrogens is 608 g/mol. The molecule has 0 saturated heterocycles. The second-order valence-electron chi connectivity index (χ2n) is 10.1. The molecule has 0 radical (unpaired) electrons. The van der Waals surface area contributed by atoms with E-state index in [1.165, 1.54) is 51.1 Å². The van der Waals surface area contributed by atoms with Crippen LogP contribution in [0.1, 0.15) is 46.0 Å². The van der Waals surface area contributed by atoms with Crippen molar-refractivity contribution in [2.24, 2.45) is 11.8 Å². The molecule has 0 aliphatic rings. The van der Waals surface area contributed by atoms with Crippen LogP contribution in [0.15, 0.2) is 36.4 Å². The van der Waals surface area contributed by atoms with Crippen LogP contribution < -0.4 is 18.9 Å². The van der Waals surface area contributed by atoms with E-state index in [0.717, 1.165) is 20.2 Å². The van der Waals surface area contributed by atoms with Crippen molar-refractivity contribution < 1.29 is 47.6 Å². The van der Waals surface area contributed by atoms with Crippen LogP contribution in [0.3, 0.4) is 0 Å². The summed E-state index contributed by atoms with van der Waals surface area (Å²) < 4.78 is 34.2. The van der Waals surface area contributed by atoms with Crippen molar-refractivity contribution in [2.75, 3.05) is 41.7 Å². The number of ketones is 2. The van der Waals surface area contributed by atoms with Crippen LogP contribution in [0, 0.1) is 11.8 Å². The molecule has 0 aliphatic carbocycles. The molecule has 2 atom stereocenters. The zero-order valence-electron chi connectivity index (χ0n) is 25.3. The maximum absolute atomic E-state index is 12.8. The van der Waals surface area contributed by atoms with E-state index in [-0.39, 0.29) is 37.6 Å². The van der Waals surface area contributed by atoms with Gasteiger partial charge in [0.05, 0.1) is 50.0 Å². The molecule has 2 heterocycles. The van der Waals surface area contributed by atoms with Crippen molar-refractivity contribution in [3.8, 4) is 23.0 Å². The van der Waals surface area contributed by atoms with Crippen LogP contribution in [0.5, 0.6) is 23.0 Å². The number of Topliss-reactive ketones (excluding diaryl/α,β-unsaturated/α-hetero) is 2. The number of methoxy groups -OCH3 is 4. The number of ether oxygens (including phenoxy) is 6. The number of rotatable bonds is 15. The van der Waals surface area contributed by atoms with E-state index in [0.29, 0.717) is 32.8 Å². The van der Waals surface area contributed by atoms with Crippen molar-refractivity contribution in [1.82, 2.24) is 0 Å². The first kappa shape index (κ1) is 32.7. The van der Waals surface area contributed by atoms with Crippen molar-refractivity contribution in [3.63, 3.8) is 0 Å². The normalized spacial score (nSPS) is 12.4. The predicted octanol–water partition coefficient (Wildman–Crippen LogP) is 6.35. The summed E-state index contributed by atoms with van der Waals surface area (Å²) in [5.41, 5.74) is 0. The van der Waals surface area contributed by atoms with Gasteiger partial charge in [-0.05, 0) is 35.0 Å². The highest BCUT2D eigenvalue weighted by Gasteiger charge is 2.22. The topological polar surface area (TPSA) is 124 Å².